The van der Waals surface area contributed by atoms with E-state index in [-0.39, 0.29) is 10.6 Å². The first kappa shape index (κ1) is 14.9. The smallest absolute Gasteiger partial charge is 0.193 e. The molecule has 1 atom stereocenters. The maximum Gasteiger partial charge on any atom is 0.193 e. The lowest BCUT2D eigenvalue weighted by Crippen LogP contribution is -2.53. The molecule has 0 radical (unpaired) electrons. The molecule has 2 nitrogen and oxygen atoms in total. The van der Waals surface area contributed by atoms with Gasteiger partial charge in [-0.1, -0.05) is 26.3 Å². The van der Waals surface area contributed by atoms with Crippen molar-refractivity contribution >= 4 is 8.32 Å². The van der Waals surface area contributed by atoms with Gasteiger partial charge in [-0.3, -0.25) is 0 Å². The third-order valence-corrected chi connectivity index (χ3v) is 8.90. The van der Waals surface area contributed by atoms with Gasteiger partial charge in [0.15, 0.2) is 8.32 Å². The van der Waals surface area contributed by atoms with Crippen molar-refractivity contribution in [1.82, 2.24) is 0 Å². The Morgan fingerprint density at radius 2 is 1.82 bits per heavy atom. The Balaban J connectivity index is 2.84. The van der Waals surface area contributed by atoms with Gasteiger partial charge in [0.1, 0.15) is 0 Å². The summed E-state index contributed by atoms with van der Waals surface area (Å²) in [6.45, 7) is 16.6. The average Bonchev–Trinajstić information content (AvgIpc) is 2.11. The van der Waals surface area contributed by atoms with Crippen LogP contribution in [0.25, 0.3) is 0 Å². The minimum absolute atomic E-state index is 0.0803. The van der Waals surface area contributed by atoms with Gasteiger partial charge in [0, 0.05) is 13.5 Å². The van der Waals surface area contributed by atoms with Gasteiger partial charge < -0.3 is 9.16 Å². The fraction of sp³-hybridized carbons (Fsp3) is 0.857. The minimum Gasteiger partial charge on any atom is -0.408 e. The monoisotopic (exact) mass is 256 g/mol. The van der Waals surface area contributed by atoms with Crippen LogP contribution in [0.5, 0.6) is 0 Å². The highest BCUT2D eigenvalue weighted by molar-refractivity contribution is 6.74. The molecule has 1 rings (SSSR count). The second-order valence-corrected chi connectivity index (χ2v) is 11.7. The molecular weight excluding hydrogens is 228 g/mol. The molecule has 0 aromatic rings. The van der Waals surface area contributed by atoms with E-state index in [4.69, 9.17) is 9.16 Å². The third-order valence-electron chi connectivity index (χ3n) is 4.33. The number of hydrogen-bond acceptors (Lipinski definition) is 2. The largest absolute Gasteiger partial charge is 0.408 e. The molecule has 0 bridgehead atoms. The van der Waals surface area contributed by atoms with Crippen molar-refractivity contribution in [2.24, 2.45) is 0 Å². The number of methoxy groups -OCH3 is 1. The van der Waals surface area contributed by atoms with E-state index in [1.54, 1.807) is 7.11 Å². The Morgan fingerprint density at radius 1 is 1.29 bits per heavy atom. The molecule has 0 aromatic heterocycles. The lowest BCUT2D eigenvalue weighted by Gasteiger charge is -2.50. The number of rotatable bonds is 4. The molecule has 0 aliphatic heterocycles. The predicted octanol–water partition coefficient (Wildman–Crippen LogP) is 4.13. The van der Waals surface area contributed by atoms with Gasteiger partial charge in [-0.05, 0) is 37.6 Å². The predicted molar refractivity (Wildman–Crippen MR) is 75.9 cm³/mol. The Labute approximate surface area is 108 Å². The van der Waals surface area contributed by atoms with E-state index in [1.165, 1.54) is 11.1 Å². The molecule has 0 N–H and O–H groups in total. The zero-order valence-electron chi connectivity index (χ0n) is 12.7. The van der Waals surface area contributed by atoms with Crippen LogP contribution in [0.15, 0.2) is 11.1 Å². The maximum absolute atomic E-state index is 6.56. The Morgan fingerprint density at radius 3 is 2.18 bits per heavy atom. The van der Waals surface area contributed by atoms with E-state index in [9.17, 15) is 0 Å². The molecular formula is C14H28O2Si. The van der Waals surface area contributed by atoms with Crippen LogP contribution in [0.4, 0.5) is 0 Å². The standard InChI is InChI=1S/C14H28O2Si/c1-11-9-14(5,12(11)10-15-6)16-17(7,8)13(2,3)4/h9-10H2,1-8H3. The molecule has 0 amide bonds. The van der Waals surface area contributed by atoms with E-state index in [2.05, 4.69) is 47.7 Å². The Hall–Kier alpha value is -0.123. The van der Waals surface area contributed by atoms with Gasteiger partial charge in [0.05, 0.1) is 12.2 Å². The Bertz CT molecular complexity index is 326. The highest BCUT2D eigenvalue weighted by Gasteiger charge is 2.48. The van der Waals surface area contributed by atoms with Crippen molar-refractivity contribution < 1.29 is 9.16 Å². The van der Waals surface area contributed by atoms with Crippen LogP contribution in [0.2, 0.25) is 18.1 Å². The molecule has 0 saturated heterocycles. The summed E-state index contributed by atoms with van der Waals surface area (Å²) in [5.74, 6) is 0. The van der Waals surface area contributed by atoms with Crippen molar-refractivity contribution in [2.75, 3.05) is 13.7 Å². The molecule has 0 aromatic carbocycles. The van der Waals surface area contributed by atoms with Crippen LogP contribution in [-0.2, 0) is 9.16 Å². The lowest BCUT2D eigenvalue weighted by molar-refractivity contribution is 0.0632. The third kappa shape index (κ3) is 2.83. The Kier molecular flexibility index (Phi) is 3.97. The van der Waals surface area contributed by atoms with Crippen LogP contribution in [-0.4, -0.2) is 27.6 Å². The van der Waals surface area contributed by atoms with Gasteiger partial charge in [0.2, 0.25) is 0 Å². The molecule has 0 saturated carbocycles. The summed E-state index contributed by atoms with van der Waals surface area (Å²) in [5, 5.41) is 0.262. The number of hydrogen-bond donors (Lipinski definition) is 0. The molecule has 17 heavy (non-hydrogen) atoms. The van der Waals surface area contributed by atoms with E-state index in [0.29, 0.717) is 6.61 Å². The summed E-state index contributed by atoms with van der Waals surface area (Å²) in [6.07, 6.45) is 1.05. The molecule has 0 fully saturated rings. The van der Waals surface area contributed by atoms with Crippen LogP contribution < -0.4 is 0 Å². The van der Waals surface area contributed by atoms with Crippen molar-refractivity contribution in [3.05, 3.63) is 11.1 Å². The van der Waals surface area contributed by atoms with Crippen molar-refractivity contribution in [3.8, 4) is 0 Å². The first-order chi connectivity index (χ1) is 7.53. The quantitative estimate of drug-likeness (QED) is 0.556. The fourth-order valence-corrected chi connectivity index (χ4v) is 3.93. The lowest BCUT2D eigenvalue weighted by atomic mass is 9.75. The zero-order chi connectivity index (χ0) is 13.5. The van der Waals surface area contributed by atoms with Crippen LogP contribution in [0, 0.1) is 0 Å². The summed E-state index contributed by atoms with van der Waals surface area (Å²) in [6, 6.07) is 0. The maximum atomic E-state index is 6.56. The van der Waals surface area contributed by atoms with Gasteiger partial charge >= 0.3 is 0 Å². The number of ether oxygens (including phenoxy) is 1. The topological polar surface area (TPSA) is 18.5 Å². The second-order valence-electron chi connectivity index (χ2n) is 6.96. The van der Waals surface area contributed by atoms with E-state index < -0.39 is 8.32 Å². The van der Waals surface area contributed by atoms with Gasteiger partial charge in [0.25, 0.3) is 0 Å². The first-order valence-corrected chi connectivity index (χ1v) is 9.32. The van der Waals surface area contributed by atoms with E-state index in [1.807, 2.05) is 0 Å². The van der Waals surface area contributed by atoms with Crippen LogP contribution in [0.1, 0.15) is 41.0 Å². The molecule has 0 spiro atoms. The molecule has 1 aliphatic carbocycles. The highest BCUT2D eigenvalue weighted by atomic mass is 28.4. The minimum atomic E-state index is -1.70. The summed E-state index contributed by atoms with van der Waals surface area (Å²) in [5.41, 5.74) is 2.71. The van der Waals surface area contributed by atoms with Crippen molar-refractivity contribution in [1.29, 1.82) is 0 Å². The van der Waals surface area contributed by atoms with E-state index in [0.717, 1.165) is 6.42 Å². The SMILES string of the molecule is COCC1=C(C)CC1(C)O[Si](C)(C)C(C)(C)C. The van der Waals surface area contributed by atoms with Crippen molar-refractivity contribution in [2.45, 2.75) is 64.8 Å². The normalized spacial score (nSPS) is 26.1. The summed E-state index contributed by atoms with van der Waals surface area (Å²) >= 11 is 0. The van der Waals surface area contributed by atoms with Crippen LogP contribution in [0.3, 0.4) is 0 Å². The molecule has 1 aliphatic rings. The van der Waals surface area contributed by atoms with Crippen LogP contribution >= 0.6 is 0 Å². The van der Waals surface area contributed by atoms with Gasteiger partial charge in [-0.25, -0.2) is 0 Å². The van der Waals surface area contributed by atoms with Crippen molar-refractivity contribution in [3.63, 3.8) is 0 Å². The summed E-state index contributed by atoms with van der Waals surface area (Å²) in [7, 11) is 0.0551. The highest BCUT2D eigenvalue weighted by Crippen LogP contribution is 2.47. The molecule has 1 unspecified atom stereocenters. The molecule has 100 valence electrons. The summed E-state index contributed by atoms with van der Waals surface area (Å²) < 4.78 is 11.9. The molecule has 3 heteroatoms. The first-order valence-electron chi connectivity index (χ1n) is 6.42. The second kappa shape index (κ2) is 4.52. The van der Waals surface area contributed by atoms with E-state index >= 15 is 0 Å². The molecule has 0 heterocycles. The fourth-order valence-electron chi connectivity index (χ4n) is 2.30. The summed E-state index contributed by atoms with van der Waals surface area (Å²) in [4.78, 5) is 0. The van der Waals surface area contributed by atoms with Gasteiger partial charge in [-0.2, -0.15) is 0 Å². The average molecular weight is 256 g/mol. The zero-order valence-corrected chi connectivity index (χ0v) is 13.7. The van der Waals surface area contributed by atoms with Gasteiger partial charge in [-0.15, -0.1) is 0 Å².